The molecule has 4 heteroatoms. The minimum Gasteiger partial charge on any atom is -0.489 e. The molecule has 0 spiro atoms. The van der Waals surface area contributed by atoms with Crippen LogP contribution in [0.5, 0.6) is 5.75 Å². The van der Waals surface area contributed by atoms with E-state index in [9.17, 15) is 4.79 Å². The van der Waals surface area contributed by atoms with Crippen molar-refractivity contribution in [3.63, 3.8) is 0 Å². The molecule has 2 rings (SSSR count). The molecular formula is C15H14BrNO2. The first-order chi connectivity index (χ1) is 9.16. The first-order valence-electron chi connectivity index (χ1n) is 5.87. The van der Waals surface area contributed by atoms with E-state index in [-0.39, 0.29) is 5.78 Å². The van der Waals surface area contributed by atoms with E-state index in [1.54, 1.807) is 24.3 Å². The average Bonchev–Trinajstić information content (AvgIpc) is 2.46. The fraction of sp³-hybridized carbons (Fsp3) is 0.133. The number of carbonyl (C=O) groups excluding carboxylic acids is 1. The molecule has 0 saturated carbocycles. The molecule has 0 fully saturated rings. The van der Waals surface area contributed by atoms with Crippen LogP contribution in [0.25, 0.3) is 0 Å². The third kappa shape index (κ3) is 3.91. The zero-order chi connectivity index (χ0) is 13.7. The molecule has 98 valence electrons. The molecule has 0 aliphatic heterocycles. The molecule has 0 aliphatic carbocycles. The maximum atomic E-state index is 11.6. The number of hydrogen-bond donors (Lipinski definition) is 1. The van der Waals surface area contributed by atoms with Gasteiger partial charge in [0.1, 0.15) is 17.3 Å². The molecule has 2 aromatic rings. The van der Waals surface area contributed by atoms with Gasteiger partial charge in [-0.25, -0.2) is 0 Å². The van der Waals surface area contributed by atoms with Gasteiger partial charge in [-0.05, 0) is 29.8 Å². The van der Waals surface area contributed by atoms with Crippen LogP contribution in [0.1, 0.15) is 15.9 Å². The third-order valence-electron chi connectivity index (χ3n) is 2.64. The number of ether oxygens (including phenoxy) is 1. The van der Waals surface area contributed by atoms with Crippen LogP contribution in [-0.2, 0) is 6.61 Å². The summed E-state index contributed by atoms with van der Waals surface area (Å²) in [5, 5.41) is 0. The van der Waals surface area contributed by atoms with Crippen molar-refractivity contribution in [2.45, 2.75) is 11.6 Å². The first-order valence-corrected chi connectivity index (χ1v) is 6.79. The summed E-state index contributed by atoms with van der Waals surface area (Å²) < 4.78 is 5.63. The van der Waals surface area contributed by atoms with Crippen LogP contribution in [0.15, 0.2) is 54.6 Å². The van der Waals surface area contributed by atoms with Gasteiger partial charge in [0, 0.05) is 5.56 Å². The van der Waals surface area contributed by atoms with Gasteiger partial charge in [0.2, 0.25) is 0 Å². The first kappa shape index (κ1) is 13.8. The van der Waals surface area contributed by atoms with E-state index in [0.717, 1.165) is 11.3 Å². The Morgan fingerprint density at radius 1 is 1.11 bits per heavy atom. The predicted octanol–water partition coefficient (Wildman–Crippen LogP) is 3.13. The number of rotatable bonds is 5. The molecule has 0 amide bonds. The highest BCUT2D eigenvalue weighted by molar-refractivity contribution is 9.10. The molecule has 0 bridgehead atoms. The van der Waals surface area contributed by atoms with E-state index in [1.807, 2.05) is 30.3 Å². The number of alkyl halides is 1. The third-order valence-corrected chi connectivity index (χ3v) is 3.05. The van der Waals surface area contributed by atoms with Gasteiger partial charge >= 0.3 is 0 Å². The number of carbonyl (C=O) groups is 1. The Balaban J connectivity index is 1.98. The number of nitrogens with two attached hydrogens (primary N) is 1. The van der Waals surface area contributed by atoms with Crippen LogP contribution in [-0.4, -0.2) is 10.7 Å². The predicted molar refractivity (Wildman–Crippen MR) is 78.4 cm³/mol. The van der Waals surface area contributed by atoms with Gasteiger partial charge in [-0.2, -0.15) is 0 Å². The van der Waals surface area contributed by atoms with Gasteiger partial charge in [0.15, 0.2) is 5.78 Å². The quantitative estimate of drug-likeness (QED) is 0.523. The SMILES string of the molecule is NC(Br)C(=O)c1ccc(OCc2ccccc2)cc1. The van der Waals surface area contributed by atoms with Crippen LogP contribution in [0.2, 0.25) is 0 Å². The lowest BCUT2D eigenvalue weighted by Gasteiger charge is -2.07. The minimum absolute atomic E-state index is 0.144. The fourth-order valence-corrected chi connectivity index (χ4v) is 1.88. The van der Waals surface area contributed by atoms with Crippen molar-refractivity contribution < 1.29 is 9.53 Å². The molecule has 19 heavy (non-hydrogen) atoms. The second-order valence-electron chi connectivity index (χ2n) is 4.06. The molecule has 0 aromatic heterocycles. The van der Waals surface area contributed by atoms with Gasteiger partial charge in [-0.3, -0.25) is 4.79 Å². The second kappa shape index (κ2) is 6.50. The molecule has 0 aliphatic rings. The molecule has 0 radical (unpaired) electrons. The number of ketones is 1. The van der Waals surface area contributed by atoms with Crippen molar-refractivity contribution in [1.82, 2.24) is 0 Å². The van der Waals surface area contributed by atoms with E-state index in [0.29, 0.717) is 12.2 Å². The van der Waals surface area contributed by atoms with Crippen molar-refractivity contribution in [2.75, 3.05) is 0 Å². The number of Topliss-reactive ketones (excluding diaryl/α,β-unsaturated/α-hetero) is 1. The zero-order valence-electron chi connectivity index (χ0n) is 10.3. The number of halogens is 1. The summed E-state index contributed by atoms with van der Waals surface area (Å²) in [5.41, 5.74) is 7.14. The highest BCUT2D eigenvalue weighted by atomic mass is 79.9. The molecule has 1 atom stereocenters. The summed E-state index contributed by atoms with van der Waals surface area (Å²) in [4.78, 5) is 11.0. The van der Waals surface area contributed by atoms with Gasteiger partial charge in [-0.1, -0.05) is 46.3 Å². The van der Waals surface area contributed by atoms with E-state index >= 15 is 0 Å². The summed E-state index contributed by atoms with van der Waals surface area (Å²) in [5.74, 6) is 0.582. The van der Waals surface area contributed by atoms with Gasteiger partial charge in [0.05, 0.1) is 0 Å². The van der Waals surface area contributed by atoms with E-state index < -0.39 is 4.95 Å². The Bertz CT molecular complexity index is 538. The number of benzene rings is 2. The van der Waals surface area contributed by atoms with Crippen molar-refractivity contribution in [3.8, 4) is 5.75 Å². The molecule has 0 saturated heterocycles. The summed E-state index contributed by atoms with van der Waals surface area (Å²) in [6.45, 7) is 0.506. The average molecular weight is 320 g/mol. The van der Waals surface area contributed by atoms with Gasteiger partial charge < -0.3 is 10.5 Å². The monoisotopic (exact) mass is 319 g/mol. The number of hydrogen-bond acceptors (Lipinski definition) is 3. The Morgan fingerprint density at radius 2 is 1.74 bits per heavy atom. The lowest BCUT2D eigenvalue weighted by atomic mass is 10.1. The van der Waals surface area contributed by atoms with Crippen LogP contribution >= 0.6 is 15.9 Å². The summed E-state index contributed by atoms with van der Waals surface area (Å²) >= 11 is 3.05. The fourth-order valence-electron chi connectivity index (χ4n) is 1.62. The lowest BCUT2D eigenvalue weighted by Crippen LogP contribution is -2.23. The molecule has 2 aromatic carbocycles. The normalized spacial score (nSPS) is 11.9. The highest BCUT2D eigenvalue weighted by Gasteiger charge is 2.11. The van der Waals surface area contributed by atoms with Crippen LogP contribution < -0.4 is 10.5 Å². The second-order valence-corrected chi connectivity index (χ2v) is 5.05. The maximum absolute atomic E-state index is 11.6. The summed E-state index contributed by atoms with van der Waals surface area (Å²) in [7, 11) is 0. The van der Waals surface area contributed by atoms with Crippen LogP contribution in [0.3, 0.4) is 0 Å². The highest BCUT2D eigenvalue weighted by Crippen LogP contribution is 2.15. The minimum atomic E-state index is -0.663. The maximum Gasteiger partial charge on any atom is 0.190 e. The lowest BCUT2D eigenvalue weighted by molar-refractivity contribution is 0.0992. The Labute approximate surface area is 120 Å². The Kier molecular flexibility index (Phi) is 4.71. The van der Waals surface area contributed by atoms with Crippen molar-refractivity contribution in [2.24, 2.45) is 5.73 Å². The van der Waals surface area contributed by atoms with E-state index in [4.69, 9.17) is 10.5 Å². The molecule has 0 heterocycles. The summed E-state index contributed by atoms with van der Waals surface area (Å²) in [6, 6.07) is 16.9. The zero-order valence-corrected chi connectivity index (χ0v) is 11.8. The van der Waals surface area contributed by atoms with Crippen molar-refractivity contribution in [1.29, 1.82) is 0 Å². The van der Waals surface area contributed by atoms with E-state index in [2.05, 4.69) is 15.9 Å². The Hall–Kier alpha value is -1.65. The Morgan fingerprint density at radius 3 is 2.32 bits per heavy atom. The van der Waals surface area contributed by atoms with Crippen LogP contribution in [0, 0.1) is 0 Å². The van der Waals surface area contributed by atoms with Crippen molar-refractivity contribution >= 4 is 21.7 Å². The van der Waals surface area contributed by atoms with Gasteiger partial charge in [0.25, 0.3) is 0 Å². The molecular weight excluding hydrogens is 306 g/mol. The molecule has 2 N–H and O–H groups in total. The topological polar surface area (TPSA) is 52.3 Å². The smallest absolute Gasteiger partial charge is 0.190 e. The van der Waals surface area contributed by atoms with Gasteiger partial charge in [-0.15, -0.1) is 0 Å². The van der Waals surface area contributed by atoms with Crippen LogP contribution in [0.4, 0.5) is 0 Å². The molecule has 1 unspecified atom stereocenters. The molecule has 3 nitrogen and oxygen atoms in total. The van der Waals surface area contributed by atoms with Crippen molar-refractivity contribution in [3.05, 3.63) is 65.7 Å². The summed E-state index contributed by atoms with van der Waals surface area (Å²) in [6.07, 6.45) is 0. The largest absolute Gasteiger partial charge is 0.489 e. The standard InChI is InChI=1S/C15H14BrNO2/c16-15(17)14(18)12-6-8-13(9-7-12)19-10-11-4-2-1-3-5-11/h1-9,15H,10,17H2. The van der Waals surface area contributed by atoms with E-state index in [1.165, 1.54) is 0 Å².